The zero-order valence-electron chi connectivity index (χ0n) is 16.0. The predicted molar refractivity (Wildman–Crippen MR) is 114 cm³/mol. The summed E-state index contributed by atoms with van der Waals surface area (Å²) in [6, 6.07) is 14.7. The summed E-state index contributed by atoms with van der Waals surface area (Å²) in [6.07, 6.45) is 3.88. The molecule has 0 spiro atoms. The summed E-state index contributed by atoms with van der Waals surface area (Å²) in [5, 5.41) is 5.39. The van der Waals surface area contributed by atoms with E-state index in [1.165, 1.54) is 16.9 Å². The lowest BCUT2D eigenvalue weighted by molar-refractivity contribution is -0.117. The Bertz CT molecular complexity index is 941. The third kappa shape index (κ3) is 4.64. The van der Waals surface area contributed by atoms with E-state index in [0.717, 1.165) is 42.9 Å². The fourth-order valence-electron chi connectivity index (χ4n) is 3.73. The molecule has 144 valence electrons. The van der Waals surface area contributed by atoms with E-state index in [4.69, 9.17) is 4.98 Å². The van der Waals surface area contributed by atoms with Gasteiger partial charge in [-0.15, -0.1) is 11.3 Å². The van der Waals surface area contributed by atoms with Gasteiger partial charge in [-0.1, -0.05) is 29.8 Å². The van der Waals surface area contributed by atoms with Crippen molar-refractivity contribution in [2.75, 3.05) is 25.0 Å². The number of carbonyl (C=O) groups excluding carboxylic acids is 1. The molecule has 1 N–H and O–H groups in total. The number of carbonyl (C=O) groups is 1. The Morgan fingerprint density at radius 3 is 3.00 bits per heavy atom. The van der Waals surface area contributed by atoms with Gasteiger partial charge in [-0.25, -0.2) is 4.98 Å². The van der Waals surface area contributed by atoms with Crippen LogP contribution in [0.1, 0.15) is 30.0 Å². The van der Waals surface area contributed by atoms with E-state index in [-0.39, 0.29) is 5.91 Å². The summed E-state index contributed by atoms with van der Waals surface area (Å²) in [5.74, 6) is 0.350. The molecule has 2 aromatic heterocycles. The number of aryl methyl sites for hydroxylation is 1. The third-order valence-corrected chi connectivity index (χ3v) is 5.74. The van der Waals surface area contributed by atoms with Crippen LogP contribution in [0.4, 0.5) is 5.13 Å². The number of piperidine rings is 1. The first-order valence-electron chi connectivity index (χ1n) is 9.63. The topological polar surface area (TPSA) is 58.1 Å². The zero-order chi connectivity index (χ0) is 19.3. The molecule has 0 aliphatic carbocycles. The van der Waals surface area contributed by atoms with Crippen molar-refractivity contribution in [1.82, 2.24) is 14.9 Å². The van der Waals surface area contributed by atoms with E-state index in [1.807, 2.05) is 5.38 Å². The van der Waals surface area contributed by atoms with E-state index in [1.54, 1.807) is 6.20 Å². The number of hydrogen-bond acceptors (Lipinski definition) is 5. The summed E-state index contributed by atoms with van der Waals surface area (Å²) in [6.45, 7) is 4.30. The van der Waals surface area contributed by atoms with Gasteiger partial charge >= 0.3 is 0 Å². The second-order valence-corrected chi connectivity index (χ2v) is 8.17. The monoisotopic (exact) mass is 392 g/mol. The normalized spacial score (nSPS) is 17.4. The summed E-state index contributed by atoms with van der Waals surface area (Å²) in [5.41, 5.74) is 4.51. The molecule has 1 aliphatic rings. The van der Waals surface area contributed by atoms with Crippen molar-refractivity contribution in [3.05, 3.63) is 65.3 Å². The Morgan fingerprint density at radius 1 is 1.29 bits per heavy atom. The zero-order valence-corrected chi connectivity index (χ0v) is 16.8. The SMILES string of the molecule is Cc1cccc(-c2cccc(C3CCCN(CC(=O)Nc4nccs4)C3)n2)c1. The van der Waals surface area contributed by atoms with Crippen molar-refractivity contribution in [3.8, 4) is 11.3 Å². The molecule has 1 aromatic carbocycles. The molecule has 1 amide bonds. The highest BCUT2D eigenvalue weighted by atomic mass is 32.1. The van der Waals surface area contributed by atoms with Gasteiger partial charge in [0.15, 0.2) is 5.13 Å². The van der Waals surface area contributed by atoms with Crippen molar-refractivity contribution < 1.29 is 4.79 Å². The van der Waals surface area contributed by atoms with Gasteiger partial charge in [-0.3, -0.25) is 14.7 Å². The minimum atomic E-state index is -0.00271. The van der Waals surface area contributed by atoms with Crippen LogP contribution in [0.25, 0.3) is 11.3 Å². The molecule has 1 saturated heterocycles. The quantitative estimate of drug-likeness (QED) is 0.702. The number of amides is 1. The number of likely N-dealkylation sites (tertiary alicyclic amines) is 1. The van der Waals surface area contributed by atoms with Gasteiger partial charge in [0.05, 0.1) is 12.2 Å². The van der Waals surface area contributed by atoms with Gasteiger partial charge in [0, 0.05) is 35.3 Å². The van der Waals surface area contributed by atoms with Crippen LogP contribution in [0.3, 0.4) is 0 Å². The van der Waals surface area contributed by atoms with E-state index in [2.05, 4.69) is 64.6 Å². The van der Waals surface area contributed by atoms with E-state index < -0.39 is 0 Å². The van der Waals surface area contributed by atoms with Gasteiger partial charge in [0.25, 0.3) is 0 Å². The van der Waals surface area contributed by atoms with Crippen LogP contribution in [0.5, 0.6) is 0 Å². The number of nitrogens with one attached hydrogen (secondary N) is 1. The maximum absolute atomic E-state index is 12.3. The average Bonchev–Trinajstić information content (AvgIpc) is 3.21. The van der Waals surface area contributed by atoms with E-state index in [0.29, 0.717) is 17.6 Å². The highest BCUT2D eigenvalue weighted by Gasteiger charge is 2.24. The maximum atomic E-state index is 12.3. The first kappa shape index (κ1) is 18.8. The Morgan fingerprint density at radius 2 is 2.18 bits per heavy atom. The van der Waals surface area contributed by atoms with Gasteiger partial charge < -0.3 is 5.32 Å². The van der Waals surface area contributed by atoms with Crippen LogP contribution in [0, 0.1) is 6.92 Å². The van der Waals surface area contributed by atoms with Crippen molar-refractivity contribution in [2.45, 2.75) is 25.7 Å². The standard InChI is InChI=1S/C22H24N4OS/c1-16-5-2-6-17(13-16)19-8-3-9-20(24-19)18-7-4-11-26(14-18)15-21(27)25-22-23-10-12-28-22/h2-3,5-6,8-10,12-13,18H,4,7,11,14-15H2,1H3,(H,23,25,27). The summed E-state index contributed by atoms with van der Waals surface area (Å²) in [4.78, 5) is 23.6. The molecule has 0 saturated carbocycles. The molecule has 0 bridgehead atoms. The highest BCUT2D eigenvalue weighted by Crippen LogP contribution is 2.28. The van der Waals surface area contributed by atoms with Gasteiger partial charge in [-0.05, 0) is 44.5 Å². The smallest absolute Gasteiger partial charge is 0.240 e. The van der Waals surface area contributed by atoms with Crippen LogP contribution in [-0.2, 0) is 4.79 Å². The number of nitrogens with zero attached hydrogens (tertiary/aromatic N) is 3. The summed E-state index contributed by atoms with van der Waals surface area (Å²) >= 11 is 1.44. The maximum Gasteiger partial charge on any atom is 0.240 e. The number of rotatable bonds is 5. The molecule has 5 nitrogen and oxygen atoms in total. The number of aromatic nitrogens is 2. The molecule has 6 heteroatoms. The number of hydrogen-bond donors (Lipinski definition) is 1. The summed E-state index contributed by atoms with van der Waals surface area (Å²) in [7, 11) is 0. The molecule has 1 fully saturated rings. The van der Waals surface area contributed by atoms with Crippen molar-refractivity contribution in [2.24, 2.45) is 0 Å². The minimum Gasteiger partial charge on any atom is -0.301 e. The summed E-state index contributed by atoms with van der Waals surface area (Å²) < 4.78 is 0. The second kappa shape index (κ2) is 8.63. The number of pyridine rings is 1. The number of thiazole rings is 1. The van der Waals surface area contributed by atoms with E-state index in [9.17, 15) is 4.79 Å². The lowest BCUT2D eigenvalue weighted by Crippen LogP contribution is -2.40. The molecule has 1 aliphatic heterocycles. The van der Waals surface area contributed by atoms with Crippen molar-refractivity contribution in [1.29, 1.82) is 0 Å². The molecular weight excluding hydrogens is 368 g/mol. The lowest BCUT2D eigenvalue weighted by atomic mass is 9.93. The number of benzene rings is 1. The molecule has 3 heterocycles. The fraction of sp³-hybridized carbons (Fsp3) is 0.318. The molecule has 4 rings (SSSR count). The predicted octanol–water partition coefficient (Wildman–Crippen LogP) is 4.33. The second-order valence-electron chi connectivity index (χ2n) is 7.28. The molecular formula is C22H24N4OS. The molecule has 1 atom stereocenters. The average molecular weight is 393 g/mol. The molecule has 1 unspecified atom stereocenters. The molecule has 3 aromatic rings. The third-order valence-electron chi connectivity index (χ3n) is 5.05. The van der Waals surface area contributed by atoms with Crippen molar-refractivity contribution >= 4 is 22.4 Å². The Balaban J connectivity index is 1.43. The first-order chi connectivity index (χ1) is 13.7. The Labute approximate surface area is 169 Å². The fourth-order valence-corrected chi connectivity index (χ4v) is 4.28. The van der Waals surface area contributed by atoms with Crippen LogP contribution >= 0.6 is 11.3 Å². The number of anilines is 1. The molecule has 0 radical (unpaired) electrons. The minimum absolute atomic E-state index is 0.00271. The van der Waals surface area contributed by atoms with Crippen LogP contribution in [0.15, 0.2) is 54.0 Å². The largest absolute Gasteiger partial charge is 0.301 e. The van der Waals surface area contributed by atoms with Crippen LogP contribution in [-0.4, -0.2) is 40.4 Å². The van der Waals surface area contributed by atoms with Crippen molar-refractivity contribution in [3.63, 3.8) is 0 Å². The Kier molecular flexibility index (Phi) is 5.78. The van der Waals surface area contributed by atoms with Gasteiger partial charge in [0.1, 0.15) is 0 Å². The Hall–Kier alpha value is -2.57. The van der Waals surface area contributed by atoms with E-state index >= 15 is 0 Å². The van der Waals surface area contributed by atoms with Crippen LogP contribution in [0.2, 0.25) is 0 Å². The lowest BCUT2D eigenvalue weighted by Gasteiger charge is -2.32. The van der Waals surface area contributed by atoms with Gasteiger partial charge in [-0.2, -0.15) is 0 Å². The molecule has 28 heavy (non-hydrogen) atoms. The highest BCUT2D eigenvalue weighted by molar-refractivity contribution is 7.13. The first-order valence-corrected chi connectivity index (χ1v) is 10.5. The van der Waals surface area contributed by atoms with Gasteiger partial charge in [0.2, 0.25) is 5.91 Å². The van der Waals surface area contributed by atoms with Crippen LogP contribution < -0.4 is 5.32 Å².